The number of hydrogen-bond acceptors (Lipinski definition) is 2. The maximum atomic E-state index is 12.6. The number of benzene rings is 2. The minimum Gasteiger partial charge on any atom is -0.355 e. The number of fused-ring (bicyclic) bond motifs is 1. The summed E-state index contributed by atoms with van der Waals surface area (Å²) in [6, 6.07) is 16.0. The summed E-state index contributed by atoms with van der Waals surface area (Å²) in [6.07, 6.45) is 2.54. The van der Waals surface area contributed by atoms with Crippen molar-refractivity contribution in [1.29, 1.82) is 0 Å². The Morgan fingerprint density at radius 2 is 2.04 bits per heavy atom. The van der Waals surface area contributed by atoms with Gasteiger partial charge in [0.25, 0.3) is 0 Å². The predicted octanol–water partition coefficient (Wildman–Crippen LogP) is 3.72. The third-order valence-corrected chi connectivity index (χ3v) is 5.14. The molecule has 1 aliphatic carbocycles. The van der Waals surface area contributed by atoms with Gasteiger partial charge in [-0.05, 0) is 42.7 Å². The molecule has 4 nitrogen and oxygen atoms in total. The summed E-state index contributed by atoms with van der Waals surface area (Å²) >= 11 is 3.49. The molecule has 0 bridgehead atoms. The highest BCUT2D eigenvalue weighted by atomic mass is 79.9. The maximum Gasteiger partial charge on any atom is 0.230 e. The Bertz CT molecular complexity index is 865. The second-order valence-electron chi connectivity index (χ2n) is 6.30. The Morgan fingerprint density at radius 1 is 1.21 bits per heavy atom. The zero-order chi connectivity index (χ0) is 16.6. The average molecular weight is 384 g/mol. The third-order valence-electron chi connectivity index (χ3n) is 4.65. The maximum absolute atomic E-state index is 12.6. The number of hydrogen-bond donors (Lipinski definition) is 2. The molecule has 5 heteroatoms. The number of carbonyl (C=O) groups is 1. The molecule has 0 radical (unpaired) electrons. The van der Waals surface area contributed by atoms with Crippen molar-refractivity contribution in [3.8, 4) is 0 Å². The molecule has 1 aliphatic rings. The molecule has 1 saturated carbocycles. The Labute approximate surface area is 148 Å². The Hall–Kier alpha value is -2.14. The fourth-order valence-electron chi connectivity index (χ4n) is 3.15. The van der Waals surface area contributed by atoms with Gasteiger partial charge in [-0.3, -0.25) is 4.79 Å². The SMILES string of the molecule is O=C(NCCc1nc2ccccc2[nH]1)C1(c2cccc(Br)c2)CC1. The minimum absolute atomic E-state index is 0.122. The van der Waals surface area contributed by atoms with Gasteiger partial charge in [-0.2, -0.15) is 0 Å². The number of nitrogens with zero attached hydrogens (tertiary/aromatic N) is 1. The van der Waals surface area contributed by atoms with Crippen molar-refractivity contribution in [2.45, 2.75) is 24.7 Å². The summed E-state index contributed by atoms with van der Waals surface area (Å²) < 4.78 is 1.02. The number of aromatic amines is 1. The van der Waals surface area contributed by atoms with Crippen LogP contribution in [0.4, 0.5) is 0 Å². The number of para-hydroxylation sites is 2. The summed E-state index contributed by atoms with van der Waals surface area (Å²) in [6.45, 7) is 0.592. The molecule has 2 N–H and O–H groups in total. The second-order valence-corrected chi connectivity index (χ2v) is 7.21. The first-order valence-electron chi connectivity index (χ1n) is 8.15. The van der Waals surface area contributed by atoms with Gasteiger partial charge >= 0.3 is 0 Å². The number of amides is 1. The van der Waals surface area contributed by atoms with E-state index in [2.05, 4.69) is 31.2 Å². The number of halogens is 1. The Balaban J connectivity index is 1.40. The van der Waals surface area contributed by atoms with E-state index in [9.17, 15) is 4.79 Å². The van der Waals surface area contributed by atoms with Gasteiger partial charge in [-0.15, -0.1) is 0 Å². The molecule has 0 saturated heterocycles. The van der Waals surface area contributed by atoms with Crippen LogP contribution in [0, 0.1) is 0 Å². The van der Waals surface area contributed by atoms with Gasteiger partial charge in [0, 0.05) is 17.4 Å². The molecule has 1 amide bonds. The molecular formula is C19H18BrN3O. The molecular weight excluding hydrogens is 366 g/mol. The van der Waals surface area contributed by atoms with Crippen LogP contribution >= 0.6 is 15.9 Å². The molecule has 24 heavy (non-hydrogen) atoms. The number of nitrogens with one attached hydrogen (secondary N) is 2. The van der Waals surface area contributed by atoms with Gasteiger partial charge in [0.15, 0.2) is 0 Å². The zero-order valence-electron chi connectivity index (χ0n) is 13.2. The van der Waals surface area contributed by atoms with E-state index in [1.54, 1.807) is 0 Å². The van der Waals surface area contributed by atoms with Gasteiger partial charge in [0.1, 0.15) is 5.82 Å². The molecule has 1 aromatic heterocycles. The lowest BCUT2D eigenvalue weighted by Gasteiger charge is -2.15. The van der Waals surface area contributed by atoms with E-state index in [1.165, 1.54) is 0 Å². The van der Waals surface area contributed by atoms with Gasteiger partial charge in [0.05, 0.1) is 16.4 Å². The van der Waals surface area contributed by atoms with Crippen molar-refractivity contribution in [2.24, 2.45) is 0 Å². The van der Waals surface area contributed by atoms with Crippen molar-refractivity contribution in [1.82, 2.24) is 15.3 Å². The molecule has 0 unspecified atom stereocenters. The normalized spacial score (nSPS) is 15.4. The van der Waals surface area contributed by atoms with E-state index in [0.29, 0.717) is 13.0 Å². The lowest BCUT2D eigenvalue weighted by Crippen LogP contribution is -2.36. The topological polar surface area (TPSA) is 57.8 Å². The van der Waals surface area contributed by atoms with Crippen molar-refractivity contribution in [3.63, 3.8) is 0 Å². The average Bonchev–Trinajstić information content (AvgIpc) is 3.29. The fraction of sp³-hybridized carbons (Fsp3) is 0.263. The standard InChI is InChI=1S/C19H18BrN3O/c20-14-5-3-4-13(12-14)19(9-10-19)18(24)21-11-8-17-22-15-6-1-2-7-16(15)23-17/h1-7,12H,8-11H2,(H,21,24)(H,22,23). The second kappa shape index (κ2) is 6.06. The Morgan fingerprint density at radius 3 is 2.79 bits per heavy atom. The molecule has 0 aliphatic heterocycles. The van der Waals surface area contributed by atoms with Gasteiger partial charge in [-0.25, -0.2) is 4.98 Å². The quantitative estimate of drug-likeness (QED) is 0.705. The molecule has 1 heterocycles. The van der Waals surface area contributed by atoms with Crippen LogP contribution in [0.15, 0.2) is 53.0 Å². The predicted molar refractivity (Wildman–Crippen MR) is 97.9 cm³/mol. The van der Waals surface area contributed by atoms with Crippen LogP contribution in [0.5, 0.6) is 0 Å². The van der Waals surface area contributed by atoms with Crippen molar-refractivity contribution >= 4 is 32.9 Å². The van der Waals surface area contributed by atoms with Crippen LogP contribution < -0.4 is 5.32 Å². The summed E-state index contributed by atoms with van der Waals surface area (Å²) in [7, 11) is 0. The number of carbonyl (C=O) groups excluding carboxylic acids is 1. The molecule has 1 fully saturated rings. The monoisotopic (exact) mass is 383 g/mol. The molecule has 0 atom stereocenters. The van der Waals surface area contributed by atoms with E-state index in [-0.39, 0.29) is 11.3 Å². The van der Waals surface area contributed by atoms with Crippen LogP contribution in [0.25, 0.3) is 11.0 Å². The van der Waals surface area contributed by atoms with E-state index in [1.807, 2.05) is 48.5 Å². The fourth-order valence-corrected chi connectivity index (χ4v) is 3.54. The summed E-state index contributed by atoms with van der Waals surface area (Å²) in [4.78, 5) is 20.5. The van der Waals surface area contributed by atoms with Gasteiger partial charge in [-0.1, -0.05) is 40.2 Å². The van der Waals surface area contributed by atoms with E-state index in [0.717, 1.165) is 39.7 Å². The van der Waals surface area contributed by atoms with Crippen LogP contribution in [-0.2, 0) is 16.6 Å². The minimum atomic E-state index is -0.336. The first-order valence-corrected chi connectivity index (χ1v) is 8.95. The first-order chi connectivity index (χ1) is 11.7. The van der Waals surface area contributed by atoms with E-state index >= 15 is 0 Å². The molecule has 3 aromatic rings. The summed E-state index contributed by atoms with van der Waals surface area (Å²) in [5.41, 5.74) is 2.76. The molecule has 0 spiro atoms. The lowest BCUT2D eigenvalue weighted by molar-refractivity contribution is -0.123. The zero-order valence-corrected chi connectivity index (χ0v) is 14.8. The van der Waals surface area contributed by atoms with Crippen LogP contribution in [0.2, 0.25) is 0 Å². The Kier molecular flexibility index (Phi) is 3.88. The molecule has 2 aromatic carbocycles. The van der Waals surface area contributed by atoms with Crippen LogP contribution in [0.1, 0.15) is 24.2 Å². The highest BCUT2D eigenvalue weighted by molar-refractivity contribution is 9.10. The molecule has 4 rings (SSSR count). The van der Waals surface area contributed by atoms with E-state index < -0.39 is 0 Å². The van der Waals surface area contributed by atoms with Crippen molar-refractivity contribution in [2.75, 3.05) is 6.54 Å². The highest BCUT2D eigenvalue weighted by Crippen LogP contribution is 2.48. The number of aromatic nitrogens is 2. The van der Waals surface area contributed by atoms with Crippen molar-refractivity contribution in [3.05, 3.63) is 64.4 Å². The molecule has 122 valence electrons. The van der Waals surface area contributed by atoms with Crippen molar-refractivity contribution < 1.29 is 4.79 Å². The van der Waals surface area contributed by atoms with Gasteiger partial charge in [0.2, 0.25) is 5.91 Å². The van der Waals surface area contributed by atoms with Crippen LogP contribution in [-0.4, -0.2) is 22.4 Å². The third kappa shape index (κ3) is 2.84. The number of imidazole rings is 1. The number of rotatable bonds is 5. The largest absolute Gasteiger partial charge is 0.355 e. The van der Waals surface area contributed by atoms with Crippen LogP contribution in [0.3, 0.4) is 0 Å². The summed E-state index contributed by atoms with van der Waals surface area (Å²) in [5, 5.41) is 3.08. The number of H-pyrrole nitrogens is 1. The smallest absolute Gasteiger partial charge is 0.230 e. The highest BCUT2D eigenvalue weighted by Gasteiger charge is 2.51. The lowest BCUT2D eigenvalue weighted by atomic mass is 9.95. The van der Waals surface area contributed by atoms with Gasteiger partial charge < -0.3 is 10.3 Å². The summed E-state index contributed by atoms with van der Waals surface area (Å²) in [5.74, 6) is 1.03. The van der Waals surface area contributed by atoms with E-state index in [4.69, 9.17) is 0 Å². The first kappa shape index (κ1) is 15.4.